The minimum Gasteiger partial charge on any atom is -0.382 e. The molecule has 0 radical (unpaired) electrons. The predicted molar refractivity (Wildman–Crippen MR) is 104 cm³/mol. The maximum atomic E-state index is 10.5. The summed E-state index contributed by atoms with van der Waals surface area (Å²) < 4.78 is 28.8. The summed E-state index contributed by atoms with van der Waals surface area (Å²) in [5.74, 6) is 0. The Morgan fingerprint density at radius 1 is 0.786 bits per heavy atom. The van der Waals surface area contributed by atoms with Crippen molar-refractivity contribution in [3.63, 3.8) is 0 Å². The van der Waals surface area contributed by atoms with Gasteiger partial charge in [0.2, 0.25) is 0 Å². The molecule has 0 spiro atoms. The van der Waals surface area contributed by atoms with Crippen LogP contribution in [0.25, 0.3) is 0 Å². The van der Waals surface area contributed by atoms with Crippen LogP contribution >= 0.6 is 0 Å². The van der Waals surface area contributed by atoms with Crippen LogP contribution in [-0.2, 0) is 36.9 Å². The van der Waals surface area contributed by atoms with Gasteiger partial charge in [-0.1, -0.05) is 60.7 Å². The molecule has 1 aliphatic heterocycles. The first-order valence-corrected chi connectivity index (χ1v) is 9.39. The fourth-order valence-corrected chi connectivity index (χ4v) is 3.37. The van der Waals surface area contributed by atoms with Gasteiger partial charge >= 0.3 is 0 Å². The number of hydrogen-bond donors (Lipinski definition) is 1. The van der Waals surface area contributed by atoms with E-state index in [-0.39, 0.29) is 6.61 Å². The van der Waals surface area contributed by atoms with Crippen molar-refractivity contribution in [2.24, 2.45) is 0 Å². The molecule has 0 amide bonds. The fourth-order valence-electron chi connectivity index (χ4n) is 3.37. The van der Waals surface area contributed by atoms with Crippen LogP contribution in [-0.4, -0.2) is 56.6 Å². The lowest BCUT2D eigenvalue weighted by Crippen LogP contribution is -2.60. The molecule has 0 unspecified atom stereocenters. The fraction of sp³-hybridized carbons (Fsp3) is 0.455. The van der Waals surface area contributed by atoms with Crippen LogP contribution in [0.1, 0.15) is 11.1 Å². The van der Waals surface area contributed by atoms with Crippen molar-refractivity contribution >= 4 is 0 Å². The van der Waals surface area contributed by atoms with Gasteiger partial charge in [0.1, 0.15) is 24.4 Å². The zero-order valence-electron chi connectivity index (χ0n) is 16.3. The van der Waals surface area contributed by atoms with Gasteiger partial charge in [-0.3, -0.25) is 0 Å². The highest BCUT2D eigenvalue weighted by Crippen LogP contribution is 2.28. The molecule has 3 rings (SSSR count). The number of ether oxygens (including phenoxy) is 5. The van der Waals surface area contributed by atoms with Crippen molar-refractivity contribution in [3.8, 4) is 0 Å². The van der Waals surface area contributed by atoms with Gasteiger partial charge in [-0.25, -0.2) is 0 Å². The van der Waals surface area contributed by atoms with Gasteiger partial charge in [-0.15, -0.1) is 0 Å². The Hall–Kier alpha value is -1.80. The largest absolute Gasteiger partial charge is 0.382 e. The SMILES string of the molecule is COC[C@H]1O[C@@H](O)[C@H](OCc2ccccc2)[C@@H](OC)[C@H]1OCc1ccccc1. The lowest BCUT2D eigenvalue weighted by molar-refractivity contribution is -0.311. The zero-order valence-corrected chi connectivity index (χ0v) is 16.3. The second-order valence-electron chi connectivity index (χ2n) is 6.74. The molecular weight excluding hydrogens is 360 g/mol. The van der Waals surface area contributed by atoms with Gasteiger partial charge in [-0.05, 0) is 11.1 Å². The first-order valence-electron chi connectivity index (χ1n) is 9.39. The van der Waals surface area contributed by atoms with Crippen LogP contribution in [0.2, 0.25) is 0 Å². The minimum absolute atomic E-state index is 0.280. The maximum Gasteiger partial charge on any atom is 0.184 e. The number of hydrogen-bond acceptors (Lipinski definition) is 6. The number of rotatable bonds is 9. The summed E-state index contributed by atoms with van der Waals surface area (Å²) in [7, 11) is 3.17. The summed E-state index contributed by atoms with van der Waals surface area (Å²) in [6.07, 6.45) is -3.24. The summed E-state index contributed by atoms with van der Waals surface area (Å²) in [4.78, 5) is 0. The maximum absolute atomic E-state index is 10.5. The van der Waals surface area contributed by atoms with E-state index in [0.717, 1.165) is 11.1 Å². The molecule has 0 saturated carbocycles. The molecule has 1 heterocycles. The van der Waals surface area contributed by atoms with Crippen molar-refractivity contribution in [1.29, 1.82) is 0 Å². The number of methoxy groups -OCH3 is 2. The molecule has 2 aromatic carbocycles. The molecule has 6 heteroatoms. The third-order valence-electron chi connectivity index (χ3n) is 4.78. The smallest absolute Gasteiger partial charge is 0.184 e. The van der Waals surface area contributed by atoms with Crippen molar-refractivity contribution in [1.82, 2.24) is 0 Å². The van der Waals surface area contributed by atoms with E-state index in [9.17, 15) is 5.11 Å². The van der Waals surface area contributed by atoms with Gasteiger partial charge in [0.15, 0.2) is 6.29 Å². The second kappa shape index (κ2) is 10.7. The van der Waals surface area contributed by atoms with Gasteiger partial charge in [0.05, 0.1) is 19.8 Å². The van der Waals surface area contributed by atoms with Crippen LogP contribution in [0.15, 0.2) is 60.7 Å². The summed E-state index contributed by atoms with van der Waals surface area (Å²) in [5, 5.41) is 10.5. The van der Waals surface area contributed by atoms with Gasteiger partial charge < -0.3 is 28.8 Å². The first-order chi connectivity index (χ1) is 13.7. The van der Waals surface area contributed by atoms with Gasteiger partial charge in [-0.2, -0.15) is 0 Å². The number of benzene rings is 2. The summed E-state index contributed by atoms with van der Waals surface area (Å²) >= 11 is 0. The number of aliphatic hydroxyl groups is 1. The molecule has 5 atom stereocenters. The topological polar surface area (TPSA) is 66.4 Å². The lowest BCUT2D eigenvalue weighted by Gasteiger charge is -2.43. The standard InChI is InChI=1S/C22H28O6/c1-24-15-18-19(26-13-16-9-5-3-6-10-16)20(25-2)21(22(23)28-18)27-14-17-11-7-4-8-12-17/h3-12,18-23H,13-15H2,1-2H3/t18-,19+,20+,21-,22-/m1/s1. The average molecular weight is 388 g/mol. The van der Waals surface area contributed by atoms with Crippen molar-refractivity contribution in [2.75, 3.05) is 20.8 Å². The molecule has 1 aliphatic rings. The Morgan fingerprint density at radius 2 is 1.32 bits per heavy atom. The highest BCUT2D eigenvalue weighted by molar-refractivity contribution is 5.14. The monoisotopic (exact) mass is 388 g/mol. The molecule has 0 aliphatic carbocycles. The van der Waals surface area contributed by atoms with Crippen LogP contribution in [0.4, 0.5) is 0 Å². The summed E-state index contributed by atoms with van der Waals surface area (Å²) in [5.41, 5.74) is 2.05. The van der Waals surface area contributed by atoms with Gasteiger partial charge in [0, 0.05) is 14.2 Å². The lowest BCUT2D eigenvalue weighted by atomic mass is 9.98. The Bertz CT molecular complexity index is 680. The third-order valence-corrected chi connectivity index (χ3v) is 4.78. The molecule has 28 heavy (non-hydrogen) atoms. The Balaban J connectivity index is 1.71. The molecule has 1 fully saturated rings. The van der Waals surface area contributed by atoms with E-state index in [0.29, 0.717) is 13.2 Å². The molecule has 6 nitrogen and oxygen atoms in total. The normalized spacial score (nSPS) is 27.6. The van der Waals surface area contributed by atoms with E-state index in [2.05, 4.69) is 0 Å². The number of aliphatic hydroxyl groups excluding tert-OH is 1. The summed E-state index contributed by atoms with van der Waals surface area (Å²) in [6.45, 7) is 1.02. The third kappa shape index (κ3) is 5.38. The van der Waals surface area contributed by atoms with E-state index >= 15 is 0 Å². The molecule has 1 N–H and O–H groups in total. The van der Waals surface area contributed by atoms with Crippen molar-refractivity contribution in [2.45, 2.75) is 43.9 Å². The Labute approximate surface area is 165 Å². The van der Waals surface area contributed by atoms with E-state index in [1.165, 1.54) is 0 Å². The van der Waals surface area contributed by atoms with Crippen molar-refractivity contribution in [3.05, 3.63) is 71.8 Å². The molecule has 1 saturated heterocycles. The van der Waals surface area contributed by atoms with Crippen LogP contribution < -0.4 is 0 Å². The summed E-state index contributed by atoms with van der Waals surface area (Å²) in [6, 6.07) is 19.7. The zero-order chi connectivity index (χ0) is 19.8. The van der Waals surface area contributed by atoms with E-state index in [1.807, 2.05) is 60.7 Å². The molecule has 152 valence electrons. The Morgan fingerprint density at radius 3 is 1.82 bits per heavy atom. The molecule has 0 aromatic heterocycles. The van der Waals surface area contributed by atoms with E-state index < -0.39 is 30.7 Å². The Kier molecular flexibility index (Phi) is 7.97. The van der Waals surface area contributed by atoms with E-state index in [1.54, 1.807) is 14.2 Å². The van der Waals surface area contributed by atoms with Crippen molar-refractivity contribution < 1.29 is 28.8 Å². The minimum atomic E-state index is -1.13. The second-order valence-corrected chi connectivity index (χ2v) is 6.74. The van der Waals surface area contributed by atoms with Crippen LogP contribution in [0.3, 0.4) is 0 Å². The predicted octanol–water partition coefficient (Wildman–Crippen LogP) is 2.54. The van der Waals surface area contributed by atoms with Crippen LogP contribution in [0.5, 0.6) is 0 Å². The highest BCUT2D eigenvalue weighted by Gasteiger charge is 2.47. The van der Waals surface area contributed by atoms with E-state index in [4.69, 9.17) is 23.7 Å². The quantitative estimate of drug-likeness (QED) is 0.712. The van der Waals surface area contributed by atoms with Crippen LogP contribution in [0, 0.1) is 0 Å². The van der Waals surface area contributed by atoms with Gasteiger partial charge in [0.25, 0.3) is 0 Å². The highest BCUT2D eigenvalue weighted by atomic mass is 16.7. The molecule has 0 bridgehead atoms. The first kappa shape index (κ1) is 20.9. The average Bonchev–Trinajstić information content (AvgIpc) is 2.73. The molecule has 2 aromatic rings. The molecular formula is C22H28O6.